The lowest BCUT2D eigenvalue weighted by molar-refractivity contribution is -0.150. The molecular formula is C13H23N3O4. The summed E-state index contributed by atoms with van der Waals surface area (Å²) in [5.41, 5.74) is -0.755. The van der Waals surface area contributed by atoms with E-state index in [0.29, 0.717) is 32.5 Å². The van der Waals surface area contributed by atoms with Crippen LogP contribution in [0.25, 0.3) is 0 Å². The number of nitrogens with zero attached hydrogens (tertiary/aromatic N) is 2. The van der Waals surface area contributed by atoms with Gasteiger partial charge in [-0.05, 0) is 26.7 Å². The first-order valence-corrected chi connectivity index (χ1v) is 6.82. The van der Waals surface area contributed by atoms with Gasteiger partial charge in [-0.25, -0.2) is 4.79 Å². The minimum Gasteiger partial charge on any atom is -0.481 e. The van der Waals surface area contributed by atoms with Crippen molar-refractivity contribution in [3.8, 4) is 0 Å². The van der Waals surface area contributed by atoms with Crippen molar-refractivity contribution in [2.75, 3.05) is 33.2 Å². The summed E-state index contributed by atoms with van der Waals surface area (Å²) in [4.78, 5) is 37.9. The smallest absolute Gasteiger partial charge is 0.320 e. The van der Waals surface area contributed by atoms with Crippen molar-refractivity contribution in [1.82, 2.24) is 15.1 Å². The number of likely N-dealkylation sites (N-methyl/N-ethyl adjacent to an activating group) is 2. The molecule has 3 amide bonds. The van der Waals surface area contributed by atoms with E-state index >= 15 is 0 Å². The van der Waals surface area contributed by atoms with Crippen molar-refractivity contribution in [2.24, 2.45) is 5.41 Å². The highest BCUT2D eigenvalue weighted by atomic mass is 16.4. The Hall–Kier alpha value is -1.79. The molecule has 0 atom stereocenters. The van der Waals surface area contributed by atoms with Crippen LogP contribution in [0.1, 0.15) is 26.7 Å². The average molecular weight is 285 g/mol. The van der Waals surface area contributed by atoms with Gasteiger partial charge in [-0.1, -0.05) is 0 Å². The maximum Gasteiger partial charge on any atom is 0.320 e. The molecule has 0 aromatic rings. The van der Waals surface area contributed by atoms with E-state index in [0.717, 1.165) is 0 Å². The molecular weight excluding hydrogens is 262 g/mol. The molecule has 114 valence electrons. The van der Waals surface area contributed by atoms with Crippen molar-refractivity contribution in [3.63, 3.8) is 0 Å². The number of carboxylic acids is 1. The molecule has 2 N–H and O–H groups in total. The number of rotatable bonds is 4. The highest BCUT2D eigenvalue weighted by molar-refractivity contribution is 5.84. The number of urea groups is 1. The summed E-state index contributed by atoms with van der Waals surface area (Å²) in [6.07, 6.45) is 0.872. The van der Waals surface area contributed by atoms with Crippen LogP contribution in [-0.2, 0) is 9.59 Å². The Morgan fingerprint density at radius 3 is 2.25 bits per heavy atom. The van der Waals surface area contributed by atoms with E-state index < -0.39 is 11.4 Å². The number of nitrogens with one attached hydrogen (secondary N) is 1. The maximum absolute atomic E-state index is 12.3. The third-order valence-electron chi connectivity index (χ3n) is 3.92. The Kier molecular flexibility index (Phi) is 5.35. The molecule has 1 heterocycles. The molecule has 1 aliphatic heterocycles. The van der Waals surface area contributed by atoms with Crippen molar-refractivity contribution >= 4 is 17.9 Å². The number of carboxylic acid groups (broad SMARTS) is 1. The fourth-order valence-electron chi connectivity index (χ4n) is 2.17. The van der Waals surface area contributed by atoms with Gasteiger partial charge in [0.15, 0.2) is 0 Å². The summed E-state index contributed by atoms with van der Waals surface area (Å²) >= 11 is 0. The van der Waals surface area contributed by atoms with E-state index in [1.807, 2.05) is 6.92 Å². The van der Waals surface area contributed by atoms with Crippen LogP contribution in [0.3, 0.4) is 0 Å². The highest BCUT2D eigenvalue weighted by Crippen LogP contribution is 2.31. The zero-order valence-electron chi connectivity index (χ0n) is 12.3. The van der Waals surface area contributed by atoms with Crippen LogP contribution in [0.4, 0.5) is 4.79 Å². The summed E-state index contributed by atoms with van der Waals surface area (Å²) in [5.74, 6) is -1.03. The summed E-state index contributed by atoms with van der Waals surface area (Å²) in [6.45, 7) is 4.81. The van der Waals surface area contributed by atoms with Gasteiger partial charge < -0.3 is 20.2 Å². The van der Waals surface area contributed by atoms with Crippen molar-refractivity contribution in [1.29, 1.82) is 0 Å². The van der Waals surface area contributed by atoms with Crippen LogP contribution >= 0.6 is 0 Å². The second-order valence-electron chi connectivity index (χ2n) is 5.32. The highest BCUT2D eigenvalue weighted by Gasteiger charge is 2.38. The number of amides is 3. The van der Waals surface area contributed by atoms with Crippen LogP contribution in [0, 0.1) is 5.41 Å². The van der Waals surface area contributed by atoms with Crippen LogP contribution in [0.15, 0.2) is 0 Å². The van der Waals surface area contributed by atoms with Gasteiger partial charge >= 0.3 is 12.0 Å². The summed E-state index contributed by atoms with van der Waals surface area (Å²) in [6, 6.07) is -0.205. The Labute approximate surface area is 118 Å². The number of hydrogen-bond acceptors (Lipinski definition) is 3. The lowest BCUT2D eigenvalue weighted by atomic mass is 9.80. The molecule has 0 aromatic heterocycles. The van der Waals surface area contributed by atoms with E-state index in [4.69, 9.17) is 5.11 Å². The van der Waals surface area contributed by atoms with E-state index in [1.54, 1.807) is 11.8 Å². The third-order valence-corrected chi connectivity index (χ3v) is 3.92. The quantitative estimate of drug-likeness (QED) is 0.780. The van der Waals surface area contributed by atoms with E-state index in [9.17, 15) is 14.4 Å². The van der Waals surface area contributed by atoms with E-state index in [1.165, 1.54) is 11.9 Å². The Morgan fingerprint density at radius 1 is 1.30 bits per heavy atom. The number of carbonyl (C=O) groups excluding carboxylic acids is 2. The minimum atomic E-state index is -0.817. The summed E-state index contributed by atoms with van der Waals surface area (Å²) in [5, 5.41) is 11.6. The average Bonchev–Trinajstić information content (AvgIpc) is 2.44. The Morgan fingerprint density at radius 2 is 1.85 bits per heavy atom. The Bertz CT molecular complexity index is 389. The fraction of sp³-hybridized carbons (Fsp3) is 0.769. The number of carbonyl (C=O) groups is 3. The molecule has 0 radical (unpaired) electrons. The first kappa shape index (κ1) is 16.3. The molecule has 0 spiro atoms. The van der Waals surface area contributed by atoms with Gasteiger partial charge in [0.2, 0.25) is 5.91 Å². The van der Waals surface area contributed by atoms with Gasteiger partial charge in [0.25, 0.3) is 0 Å². The predicted molar refractivity (Wildman–Crippen MR) is 73.3 cm³/mol. The molecule has 7 heteroatoms. The molecule has 1 aliphatic rings. The predicted octanol–water partition coefficient (Wildman–Crippen LogP) is 0.361. The molecule has 1 saturated heterocycles. The molecule has 0 saturated carbocycles. The van der Waals surface area contributed by atoms with Gasteiger partial charge in [0.1, 0.15) is 6.54 Å². The van der Waals surface area contributed by atoms with Gasteiger partial charge in [0.05, 0.1) is 5.41 Å². The standard InChI is InChI=1S/C13H23N3O4/c1-4-15(9-10(17)14-3)12(20)16-7-5-13(2,6-8-16)11(18)19/h4-9H2,1-3H3,(H,14,17)(H,18,19). The van der Waals surface area contributed by atoms with E-state index in [2.05, 4.69) is 5.32 Å². The fourth-order valence-corrected chi connectivity index (χ4v) is 2.17. The number of hydrogen-bond donors (Lipinski definition) is 2. The Balaban J connectivity index is 2.61. The second-order valence-corrected chi connectivity index (χ2v) is 5.32. The summed E-state index contributed by atoms with van der Waals surface area (Å²) < 4.78 is 0. The minimum absolute atomic E-state index is 0.0263. The van der Waals surface area contributed by atoms with Crippen LogP contribution in [-0.4, -0.2) is 66.0 Å². The molecule has 7 nitrogen and oxygen atoms in total. The van der Waals surface area contributed by atoms with Gasteiger partial charge in [-0.3, -0.25) is 9.59 Å². The maximum atomic E-state index is 12.3. The lowest BCUT2D eigenvalue weighted by Gasteiger charge is -2.38. The topological polar surface area (TPSA) is 90.0 Å². The molecule has 0 bridgehead atoms. The molecule has 1 fully saturated rings. The third kappa shape index (κ3) is 3.61. The van der Waals surface area contributed by atoms with E-state index in [-0.39, 0.29) is 18.5 Å². The van der Waals surface area contributed by atoms with Crippen molar-refractivity contribution in [2.45, 2.75) is 26.7 Å². The van der Waals surface area contributed by atoms with Crippen LogP contribution in [0.5, 0.6) is 0 Å². The molecule has 1 rings (SSSR count). The SMILES string of the molecule is CCN(CC(=O)NC)C(=O)N1CCC(C)(C(=O)O)CC1. The van der Waals surface area contributed by atoms with Gasteiger partial charge in [0, 0.05) is 26.7 Å². The first-order chi connectivity index (χ1) is 9.34. The second kappa shape index (κ2) is 6.58. The van der Waals surface area contributed by atoms with Gasteiger partial charge in [-0.2, -0.15) is 0 Å². The first-order valence-electron chi connectivity index (χ1n) is 6.82. The normalized spacial score (nSPS) is 17.4. The zero-order valence-corrected chi connectivity index (χ0v) is 12.3. The van der Waals surface area contributed by atoms with Crippen LogP contribution < -0.4 is 5.32 Å². The zero-order chi connectivity index (χ0) is 15.3. The molecule has 20 heavy (non-hydrogen) atoms. The van der Waals surface area contributed by atoms with Crippen molar-refractivity contribution < 1.29 is 19.5 Å². The number of likely N-dealkylation sites (tertiary alicyclic amines) is 1. The summed E-state index contributed by atoms with van der Waals surface area (Å²) in [7, 11) is 1.53. The number of aliphatic carboxylic acids is 1. The number of piperidine rings is 1. The largest absolute Gasteiger partial charge is 0.481 e. The van der Waals surface area contributed by atoms with Gasteiger partial charge in [-0.15, -0.1) is 0 Å². The monoisotopic (exact) mass is 285 g/mol. The van der Waals surface area contributed by atoms with Crippen molar-refractivity contribution in [3.05, 3.63) is 0 Å². The van der Waals surface area contributed by atoms with Crippen LogP contribution in [0.2, 0.25) is 0 Å². The molecule has 0 aromatic carbocycles. The lowest BCUT2D eigenvalue weighted by Crippen LogP contribution is -2.51. The molecule has 0 aliphatic carbocycles. The molecule has 0 unspecified atom stereocenters.